The quantitative estimate of drug-likeness (QED) is 0.789. The summed E-state index contributed by atoms with van der Waals surface area (Å²) in [4.78, 5) is 12.6. The van der Waals surface area contributed by atoms with Crippen LogP contribution in [0.25, 0.3) is 0 Å². The number of amides is 1. The minimum absolute atomic E-state index is 0.0164. The number of carbonyl (C=O) groups is 1. The molecule has 4 nitrogen and oxygen atoms in total. The first kappa shape index (κ1) is 17.6. The van der Waals surface area contributed by atoms with Crippen molar-refractivity contribution in [3.8, 4) is 0 Å². The Labute approximate surface area is 142 Å². The summed E-state index contributed by atoms with van der Waals surface area (Å²) in [5.74, 6) is 2.07. The normalized spacial score (nSPS) is 12.6. The van der Waals surface area contributed by atoms with E-state index in [1.54, 1.807) is 11.8 Å². The Hall–Kier alpha value is -1.75. The van der Waals surface area contributed by atoms with Gasteiger partial charge in [-0.25, -0.2) is 0 Å². The van der Waals surface area contributed by atoms with E-state index in [0.29, 0.717) is 11.7 Å². The molecule has 23 heavy (non-hydrogen) atoms. The summed E-state index contributed by atoms with van der Waals surface area (Å²) in [6, 6.07) is 12.1. The molecule has 2 aromatic rings. The fourth-order valence-electron chi connectivity index (χ4n) is 2.22. The number of rotatable bonds is 7. The second-order valence-electron chi connectivity index (χ2n) is 6.31. The molecule has 0 fully saturated rings. The highest BCUT2D eigenvalue weighted by Crippen LogP contribution is 2.25. The fraction of sp³-hybridized carbons (Fsp3) is 0.444. The highest BCUT2D eigenvalue weighted by atomic mass is 32.2. The maximum Gasteiger partial charge on any atom is 0.238 e. The van der Waals surface area contributed by atoms with Gasteiger partial charge in [0.25, 0.3) is 0 Å². The number of benzene rings is 1. The summed E-state index contributed by atoms with van der Waals surface area (Å²) in [5.41, 5.74) is 2.26. The first-order chi connectivity index (χ1) is 11.0. The molecule has 1 atom stereocenters. The molecule has 1 heterocycles. The summed E-state index contributed by atoms with van der Waals surface area (Å²) in [7, 11) is 0. The van der Waals surface area contributed by atoms with Gasteiger partial charge in [-0.15, -0.1) is 11.8 Å². The van der Waals surface area contributed by atoms with Gasteiger partial charge >= 0.3 is 0 Å². The largest absolute Gasteiger partial charge is 0.308 e. The van der Waals surface area contributed by atoms with Crippen LogP contribution >= 0.6 is 11.8 Å². The van der Waals surface area contributed by atoms with Gasteiger partial charge in [-0.3, -0.25) is 9.89 Å². The lowest BCUT2D eigenvalue weighted by molar-refractivity contribution is -0.116. The molecule has 1 unspecified atom stereocenters. The van der Waals surface area contributed by atoms with E-state index in [4.69, 9.17) is 0 Å². The van der Waals surface area contributed by atoms with Crippen LogP contribution in [0.2, 0.25) is 0 Å². The number of anilines is 1. The van der Waals surface area contributed by atoms with Crippen molar-refractivity contribution in [3.05, 3.63) is 47.7 Å². The Morgan fingerprint density at radius 2 is 1.91 bits per heavy atom. The predicted octanol–water partition coefficient (Wildman–Crippen LogP) is 4.43. The van der Waals surface area contributed by atoms with Crippen molar-refractivity contribution in [1.29, 1.82) is 0 Å². The Morgan fingerprint density at radius 3 is 2.48 bits per heavy atom. The lowest BCUT2D eigenvalue weighted by Gasteiger charge is -2.19. The van der Waals surface area contributed by atoms with Gasteiger partial charge in [0.15, 0.2) is 5.82 Å². The molecule has 2 rings (SSSR count). The second kappa shape index (κ2) is 8.20. The number of nitrogens with zero attached hydrogens (tertiary/aromatic N) is 1. The van der Waals surface area contributed by atoms with E-state index < -0.39 is 0 Å². The molecule has 1 aromatic heterocycles. The molecule has 0 aliphatic rings. The van der Waals surface area contributed by atoms with Crippen molar-refractivity contribution in [2.45, 2.75) is 44.6 Å². The Balaban J connectivity index is 1.97. The molecule has 0 spiro atoms. The number of carbonyl (C=O) groups excluding carboxylic acids is 1. The van der Waals surface area contributed by atoms with Gasteiger partial charge in [0.1, 0.15) is 0 Å². The van der Waals surface area contributed by atoms with Crippen LogP contribution in [0, 0.1) is 5.92 Å². The zero-order valence-electron chi connectivity index (χ0n) is 14.2. The standard InChI is InChI=1S/C18H25N3OS/c1-12(2)15-10-16(21-20-15)19-18(22)17(13(3)4)23-11-14-8-6-5-7-9-14/h5-10,12-13,17H,11H2,1-4H3,(H2,19,20,21,22). The highest BCUT2D eigenvalue weighted by Gasteiger charge is 2.23. The fourth-order valence-corrected chi connectivity index (χ4v) is 3.38. The zero-order chi connectivity index (χ0) is 16.8. The van der Waals surface area contributed by atoms with E-state index in [2.05, 4.69) is 55.3 Å². The number of hydrogen-bond donors (Lipinski definition) is 2. The Kier molecular flexibility index (Phi) is 6.28. The lowest BCUT2D eigenvalue weighted by atomic mass is 10.1. The second-order valence-corrected chi connectivity index (χ2v) is 7.44. The van der Waals surface area contributed by atoms with Gasteiger partial charge in [-0.1, -0.05) is 58.0 Å². The highest BCUT2D eigenvalue weighted by molar-refractivity contribution is 7.99. The molecule has 0 bridgehead atoms. The van der Waals surface area contributed by atoms with Gasteiger partial charge in [0, 0.05) is 17.5 Å². The molecular weight excluding hydrogens is 306 g/mol. The monoisotopic (exact) mass is 331 g/mol. The van der Waals surface area contributed by atoms with Crippen molar-refractivity contribution in [2.24, 2.45) is 5.92 Å². The molecule has 0 saturated carbocycles. The Morgan fingerprint density at radius 1 is 1.22 bits per heavy atom. The molecule has 0 aliphatic heterocycles. The molecule has 124 valence electrons. The predicted molar refractivity (Wildman–Crippen MR) is 97.7 cm³/mol. The Bertz CT molecular complexity index is 622. The van der Waals surface area contributed by atoms with Crippen LogP contribution < -0.4 is 5.32 Å². The van der Waals surface area contributed by atoms with Crippen molar-refractivity contribution in [1.82, 2.24) is 10.2 Å². The van der Waals surface area contributed by atoms with Crippen LogP contribution in [0.4, 0.5) is 5.82 Å². The third-order valence-corrected chi connectivity index (χ3v) is 5.22. The van der Waals surface area contributed by atoms with Crippen LogP contribution in [0.3, 0.4) is 0 Å². The summed E-state index contributed by atoms with van der Waals surface area (Å²) < 4.78 is 0. The number of thioether (sulfide) groups is 1. The van der Waals surface area contributed by atoms with Crippen LogP contribution in [-0.4, -0.2) is 21.4 Å². The van der Waals surface area contributed by atoms with E-state index in [1.165, 1.54) is 5.56 Å². The minimum Gasteiger partial charge on any atom is -0.308 e. The SMILES string of the molecule is CC(C)c1cc(NC(=O)C(SCc2ccccc2)C(C)C)n[nH]1. The molecule has 5 heteroatoms. The third-order valence-electron chi connectivity index (χ3n) is 3.61. The molecule has 1 amide bonds. The van der Waals surface area contributed by atoms with E-state index >= 15 is 0 Å². The third kappa shape index (κ3) is 5.13. The van der Waals surface area contributed by atoms with Crippen molar-refractivity contribution in [3.63, 3.8) is 0 Å². The van der Waals surface area contributed by atoms with Gasteiger partial charge < -0.3 is 5.32 Å². The molecule has 2 N–H and O–H groups in total. The number of nitrogens with one attached hydrogen (secondary N) is 2. The van der Waals surface area contributed by atoms with Gasteiger partial charge in [0.2, 0.25) is 5.91 Å². The number of aromatic nitrogens is 2. The molecule has 0 radical (unpaired) electrons. The summed E-state index contributed by atoms with van der Waals surface area (Å²) in [6.07, 6.45) is 0. The first-order valence-electron chi connectivity index (χ1n) is 7.99. The smallest absolute Gasteiger partial charge is 0.238 e. The van der Waals surface area contributed by atoms with E-state index in [-0.39, 0.29) is 17.1 Å². The summed E-state index contributed by atoms with van der Waals surface area (Å²) in [6.45, 7) is 8.33. The van der Waals surface area contributed by atoms with Crippen molar-refractivity contribution >= 4 is 23.5 Å². The maximum atomic E-state index is 12.6. The molecule has 0 aliphatic carbocycles. The molecule has 0 saturated heterocycles. The minimum atomic E-state index is -0.102. The van der Waals surface area contributed by atoms with E-state index in [9.17, 15) is 4.79 Å². The lowest BCUT2D eigenvalue weighted by Crippen LogP contribution is -2.29. The molecule has 1 aromatic carbocycles. The van der Waals surface area contributed by atoms with Gasteiger partial charge in [-0.2, -0.15) is 5.10 Å². The van der Waals surface area contributed by atoms with Crippen molar-refractivity contribution in [2.75, 3.05) is 5.32 Å². The van der Waals surface area contributed by atoms with E-state index in [0.717, 1.165) is 11.4 Å². The molecular formula is C18H25N3OS. The maximum absolute atomic E-state index is 12.6. The van der Waals surface area contributed by atoms with Gasteiger partial charge in [-0.05, 0) is 17.4 Å². The van der Waals surface area contributed by atoms with Crippen LogP contribution in [0.1, 0.15) is 44.9 Å². The van der Waals surface area contributed by atoms with E-state index in [1.807, 2.05) is 24.3 Å². The first-order valence-corrected chi connectivity index (χ1v) is 9.04. The van der Waals surface area contributed by atoms with Crippen LogP contribution in [0.5, 0.6) is 0 Å². The van der Waals surface area contributed by atoms with Crippen molar-refractivity contribution < 1.29 is 4.79 Å². The number of H-pyrrole nitrogens is 1. The van der Waals surface area contributed by atoms with Crippen LogP contribution in [-0.2, 0) is 10.5 Å². The van der Waals surface area contributed by atoms with Gasteiger partial charge in [0.05, 0.1) is 5.25 Å². The topological polar surface area (TPSA) is 57.8 Å². The average molecular weight is 331 g/mol. The summed E-state index contributed by atoms with van der Waals surface area (Å²) >= 11 is 1.67. The summed E-state index contributed by atoms with van der Waals surface area (Å²) in [5, 5.41) is 9.97. The number of aromatic amines is 1. The average Bonchev–Trinajstić information content (AvgIpc) is 2.97. The van der Waals surface area contributed by atoms with Crippen LogP contribution in [0.15, 0.2) is 36.4 Å². The number of hydrogen-bond acceptors (Lipinski definition) is 3. The zero-order valence-corrected chi connectivity index (χ0v) is 15.0.